The van der Waals surface area contributed by atoms with Crippen molar-refractivity contribution in [1.82, 2.24) is 16.0 Å². The van der Waals surface area contributed by atoms with Crippen LogP contribution in [0.1, 0.15) is 33.3 Å². The van der Waals surface area contributed by atoms with Crippen molar-refractivity contribution in [1.29, 1.82) is 0 Å². The molecule has 1 amide bonds. The number of nitrogens with one attached hydrogen (secondary N) is 3. The lowest BCUT2D eigenvalue weighted by molar-refractivity contribution is -0.121. The van der Waals surface area contributed by atoms with Gasteiger partial charge in [-0.1, -0.05) is 15.9 Å². The van der Waals surface area contributed by atoms with E-state index in [0.717, 1.165) is 15.8 Å². The number of hydrogen-bond acceptors (Lipinski definition) is 3. The van der Waals surface area contributed by atoms with Gasteiger partial charge in [-0.3, -0.25) is 4.79 Å². The predicted octanol–water partition coefficient (Wildman–Crippen LogP) is 2.43. The van der Waals surface area contributed by atoms with E-state index in [-0.39, 0.29) is 18.0 Å². The lowest BCUT2D eigenvalue weighted by Crippen LogP contribution is -2.48. The zero-order chi connectivity index (χ0) is 18.2. The highest BCUT2D eigenvalue weighted by Gasteiger charge is 2.13. The van der Waals surface area contributed by atoms with Crippen LogP contribution in [0.25, 0.3) is 0 Å². The highest BCUT2D eigenvalue weighted by molar-refractivity contribution is 9.10. The summed E-state index contributed by atoms with van der Waals surface area (Å²) >= 11 is 3.45. The molecule has 0 aliphatic rings. The van der Waals surface area contributed by atoms with Crippen molar-refractivity contribution in [3.8, 4) is 5.75 Å². The van der Waals surface area contributed by atoms with Crippen molar-refractivity contribution in [2.24, 2.45) is 4.99 Å². The Kier molecular flexibility index (Phi) is 8.04. The highest BCUT2D eigenvalue weighted by atomic mass is 79.9. The van der Waals surface area contributed by atoms with Gasteiger partial charge in [-0.15, -0.1) is 0 Å². The third kappa shape index (κ3) is 7.68. The fraction of sp³-hybridized carbons (Fsp3) is 0.529. The topological polar surface area (TPSA) is 74.8 Å². The van der Waals surface area contributed by atoms with Gasteiger partial charge in [-0.2, -0.15) is 0 Å². The minimum Gasteiger partial charge on any atom is -0.496 e. The molecule has 0 fully saturated rings. The summed E-state index contributed by atoms with van der Waals surface area (Å²) in [6, 6.07) is 5.79. The molecule has 0 radical (unpaired) electrons. The molecule has 24 heavy (non-hydrogen) atoms. The first-order valence-corrected chi connectivity index (χ1v) is 8.70. The minimum absolute atomic E-state index is 0.0758. The summed E-state index contributed by atoms with van der Waals surface area (Å²) in [5, 5.41) is 9.07. The van der Waals surface area contributed by atoms with Crippen LogP contribution in [0.4, 0.5) is 0 Å². The van der Waals surface area contributed by atoms with Gasteiger partial charge in [0.25, 0.3) is 0 Å². The number of carbonyl (C=O) groups excluding carboxylic acids is 1. The number of hydrogen-bond donors (Lipinski definition) is 3. The molecule has 7 heteroatoms. The van der Waals surface area contributed by atoms with Crippen molar-refractivity contribution >= 4 is 27.8 Å². The Labute approximate surface area is 152 Å². The highest BCUT2D eigenvalue weighted by Crippen LogP contribution is 2.23. The van der Waals surface area contributed by atoms with Crippen LogP contribution in [-0.2, 0) is 11.3 Å². The summed E-state index contributed by atoms with van der Waals surface area (Å²) in [6.07, 6.45) is 0. The predicted molar refractivity (Wildman–Crippen MR) is 101 cm³/mol. The number of methoxy groups -OCH3 is 1. The maximum Gasteiger partial charge on any atom is 0.239 e. The van der Waals surface area contributed by atoms with Gasteiger partial charge in [-0.25, -0.2) is 4.99 Å². The summed E-state index contributed by atoms with van der Waals surface area (Å²) in [6.45, 7) is 9.14. The molecule has 0 saturated heterocycles. The molecule has 6 nitrogen and oxygen atoms in total. The summed E-state index contributed by atoms with van der Waals surface area (Å²) in [5.41, 5.74) is 0.709. The van der Waals surface area contributed by atoms with E-state index < -0.39 is 0 Å². The molecule has 0 aliphatic carbocycles. The molecule has 1 aromatic rings. The summed E-state index contributed by atoms with van der Waals surface area (Å²) in [5.74, 6) is 1.29. The minimum atomic E-state index is -0.252. The third-order valence-corrected chi connectivity index (χ3v) is 3.42. The van der Waals surface area contributed by atoms with Crippen LogP contribution in [0, 0.1) is 0 Å². The quantitative estimate of drug-likeness (QED) is 0.508. The lowest BCUT2D eigenvalue weighted by Gasteiger charge is -2.21. The first-order chi connectivity index (χ1) is 11.2. The van der Waals surface area contributed by atoms with Crippen molar-refractivity contribution < 1.29 is 9.53 Å². The number of halogens is 1. The molecule has 0 saturated carbocycles. The number of amides is 1. The summed E-state index contributed by atoms with van der Waals surface area (Å²) in [7, 11) is 1.64. The van der Waals surface area contributed by atoms with Gasteiger partial charge < -0.3 is 20.7 Å². The molecule has 0 aromatic heterocycles. The Morgan fingerprint density at radius 2 is 2.00 bits per heavy atom. The van der Waals surface area contributed by atoms with E-state index in [4.69, 9.17) is 4.74 Å². The number of carbonyl (C=O) groups is 1. The zero-order valence-electron chi connectivity index (χ0n) is 15.0. The average molecular weight is 399 g/mol. The molecule has 1 rings (SSSR count). The molecular formula is C17H27BrN4O2. The van der Waals surface area contributed by atoms with Crippen LogP contribution in [0.15, 0.2) is 27.7 Å². The van der Waals surface area contributed by atoms with Crippen molar-refractivity contribution in [2.75, 3.05) is 20.2 Å². The fourth-order valence-electron chi connectivity index (χ4n) is 2.00. The van der Waals surface area contributed by atoms with E-state index in [1.54, 1.807) is 7.11 Å². The molecule has 0 spiro atoms. The molecule has 0 bridgehead atoms. The molecule has 1 aromatic carbocycles. The second-order valence-corrected chi connectivity index (χ2v) is 7.22. The monoisotopic (exact) mass is 398 g/mol. The maximum absolute atomic E-state index is 11.9. The van der Waals surface area contributed by atoms with Gasteiger partial charge >= 0.3 is 0 Å². The van der Waals surface area contributed by atoms with Crippen LogP contribution >= 0.6 is 15.9 Å². The molecule has 3 N–H and O–H groups in total. The smallest absolute Gasteiger partial charge is 0.239 e. The van der Waals surface area contributed by atoms with Gasteiger partial charge in [0.1, 0.15) is 5.75 Å². The number of benzene rings is 1. The Hall–Kier alpha value is -1.76. The summed E-state index contributed by atoms with van der Waals surface area (Å²) < 4.78 is 6.32. The Balaban J connectivity index is 2.72. The standard InChI is InChI=1S/C17H27BrN4O2/c1-6-19-16(21-11-15(23)22-17(2,3)4)20-10-12-9-13(18)7-8-14(12)24-5/h7-9H,6,10-11H2,1-5H3,(H,22,23)(H2,19,20,21). The van der Waals surface area contributed by atoms with E-state index in [2.05, 4.69) is 36.9 Å². The molecule has 0 aliphatic heterocycles. The van der Waals surface area contributed by atoms with Crippen molar-refractivity contribution in [3.05, 3.63) is 28.2 Å². The number of nitrogens with zero attached hydrogens (tertiary/aromatic N) is 1. The Morgan fingerprint density at radius 1 is 1.29 bits per heavy atom. The van der Waals surface area contributed by atoms with Crippen LogP contribution in [0.3, 0.4) is 0 Å². The zero-order valence-corrected chi connectivity index (χ0v) is 16.6. The normalized spacial score (nSPS) is 11.8. The van der Waals surface area contributed by atoms with E-state index in [0.29, 0.717) is 19.0 Å². The van der Waals surface area contributed by atoms with E-state index in [1.165, 1.54) is 0 Å². The molecule has 0 unspecified atom stereocenters. The van der Waals surface area contributed by atoms with E-state index in [9.17, 15) is 4.79 Å². The van der Waals surface area contributed by atoms with E-state index in [1.807, 2.05) is 45.9 Å². The van der Waals surface area contributed by atoms with Gasteiger partial charge in [0.15, 0.2) is 5.96 Å². The molecule has 0 heterocycles. The van der Waals surface area contributed by atoms with Gasteiger partial charge in [0.05, 0.1) is 20.2 Å². The van der Waals surface area contributed by atoms with Crippen LogP contribution in [-0.4, -0.2) is 37.6 Å². The van der Waals surface area contributed by atoms with Gasteiger partial charge in [-0.05, 0) is 45.9 Å². The van der Waals surface area contributed by atoms with Crippen LogP contribution in [0.5, 0.6) is 5.75 Å². The van der Waals surface area contributed by atoms with Crippen LogP contribution in [0.2, 0.25) is 0 Å². The third-order valence-electron chi connectivity index (χ3n) is 2.92. The number of ether oxygens (including phenoxy) is 1. The first-order valence-electron chi connectivity index (χ1n) is 7.90. The van der Waals surface area contributed by atoms with Gasteiger partial charge in [0.2, 0.25) is 5.91 Å². The van der Waals surface area contributed by atoms with E-state index >= 15 is 0 Å². The molecule has 0 atom stereocenters. The Bertz CT molecular complexity index is 582. The fourth-order valence-corrected chi connectivity index (χ4v) is 2.41. The lowest BCUT2D eigenvalue weighted by atomic mass is 10.1. The summed E-state index contributed by atoms with van der Waals surface area (Å²) in [4.78, 5) is 16.4. The average Bonchev–Trinajstić information content (AvgIpc) is 2.48. The number of rotatable bonds is 6. The maximum atomic E-state index is 11.9. The largest absolute Gasteiger partial charge is 0.496 e. The SMILES string of the molecule is CCNC(=NCc1cc(Br)ccc1OC)NCC(=O)NC(C)(C)C. The second-order valence-electron chi connectivity index (χ2n) is 6.30. The van der Waals surface area contributed by atoms with Gasteiger partial charge in [0, 0.05) is 22.1 Å². The van der Waals surface area contributed by atoms with Crippen LogP contribution < -0.4 is 20.7 Å². The van der Waals surface area contributed by atoms with Crippen molar-refractivity contribution in [3.63, 3.8) is 0 Å². The Morgan fingerprint density at radius 3 is 2.58 bits per heavy atom. The number of aliphatic imine (C=N–C) groups is 1. The van der Waals surface area contributed by atoms with Crippen molar-refractivity contribution in [2.45, 2.75) is 39.8 Å². The first kappa shape index (κ1) is 20.3. The second kappa shape index (κ2) is 9.52. The number of guanidine groups is 1. The molecular weight excluding hydrogens is 372 g/mol. The molecule has 134 valence electrons.